The molecule has 1 heterocycles. The number of aryl methyl sites for hydroxylation is 1. The normalized spacial score (nSPS) is 14.3. The Morgan fingerprint density at radius 1 is 1.44 bits per heavy atom. The van der Waals surface area contributed by atoms with Crippen LogP contribution in [0.4, 0.5) is 0 Å². The first-order valence-electron chi connectivity index (χ1n) is 5.31. The zero-order valence-corrected chi connectivity index (χ0v) is 9.78. The maximum Gasteiger partial charge on any atom is 0.104 e. The van der Waals surface area contributed by atoms with E-state index in [0.717, 1.165) is 22.4 Å². The minimum absolute atomic E-state index is 0.650. The molecule has 4 N–H and O–H groups in total. The predicted molar refractivity (Wildman–Crippen MR) is 64.1 cm³/mol. The van der Waals surface area contributed by atoms with Crippen LogP contribution in [-0.2, 0) is 0 Å². The molecule has 0 fully saturated rings. The summed E-state index contributed by atoms with van der Waals surface area (Å²) in [6, 6.07) is 5.65. The van der Waals surface area contributed by atoms with Gasteiger partial charge in [0.15, 0.2) is 0 Å². The van der Waals surface area contributed by atoms with Crippen molar-refractivity contribution >= 4 is 11.0 Å². The van der Waals surface area contributed by atoms with E-state index >= 15 is 0 Å². The number of nitrogens with zero attached hydrogens (tertiary/aromatic N) is 1. The van der Waals surface area contributed by atoms with Gasteiger partial charge in [-0.05, 0) is 38.5 Å². The Morgan fingerprint density at radius 3 is 2.75 bits per heavy atom. The standard InChI is InChI=1S/C12H17N3O/c1-7-14-9-5-4-8(6-10(9)15-7)11(16)12(2,3)13/h4-6,11,16H,13H2,1-3H3,(H,14,15). The van der Waals surface area contributed by atoms with Crippen molar-refractivity contribution < 1.29 is 5.11 Å². The van der Waals surface area contributed by atoms with Crippen molar-refractivity contribution in [3.63, 3.8) is 0 Å². The van der Waals surface area contributed by atoms with Crippen LogP contribution in [0, 0.1) is 6.92 Å². The first-order chi connectivity index (χ1) is 7.38. The Kier molecular flexibility index (Phi) is 2.48. The molecule has 1 aromatic heterocycles. The average Bonchev–Trinajstić information content (AvgIpc) is 2.54. The van der Waals surface area contributed by atoms with Gasteiger partial charge in [-0.3, -0.25) is 0 Å². The summed E-state index contributed by atoms with van der Waals surface area (Å²) in [7, 11) is 0. The molecule has 0 aliphatic heterocycles. The van der Waals surface area contributed by atoms with E-state index in [1.807, 2.05) is 25.1 Å². The molecule has 1 atom stereocenters. The van der Waals surface area contributed by atoms with E-state index in [1.165, 1.54) is 0 Å². The maximum atomic E-state index is 10.1. The lowest BCUT2D eigenvalue weighted by Crippen LogP contribution is -2.39. The number of hydrogen-bond donors (Lipinski definition) is 3. The lowest BCUT2D eigenvalue weighted by Gasteiger charge is -2.26. The number of nitrogens with one attached hydrogen (secondary N) is 1. The molecule has 0 spiro atoms. The number of aliphatic hydroxyl groups excluding tert-OH is 1. The first kappa shape index (κ1) is 11.1. The Hall–Kier alpha value is -1.39. The number of benzene rings is 1. The van der Waals surface area contributed by atoms with Crippen molar-refractivity contribution in [3.05, 3.63) is 29.6 Å². The monoisotopic (exact) mass is 219 g/mol. The van der Waals surface area contributed by atoms with Crippen LogP contribution in [0.2, 0.25) is 0 Å². The lowest BCUT2D eigenvalue weighted by molar-refractivity contribution is 0.105. The van der Waals surface area contributed by atoms with Crippen molar-refractivity contribution in [1.82, 2.24) is 9.97 Å². The topological polar surface area (TPSA) is 74.9 Å². The molecular weight excluding hydrogens is 202 g/mol. The van der Waals surface area contributed by atoms with Crippen molar-refractivity contribution in [2.75, 3.05) is 0 Å². The Balaban J connectivity index is 2.46. The van der Waals surface area contributed by atoms with Crippen molar-refractivity contribution in [2.24, 2.45) is 5.73 Å². The molecule has 0 saturated heterocycles. The fourth-order valence-corrected chi connectivity index (χ4v) is 1.75. The minimum atomic E-state index is -0.680. The molecule has 16 heavy (non-hydrogen) atoms. The number of fused-ring (bicyclic) bond motifs is 1. The van der Waals surface area contributed by atoms with Gasteiger partial charge in [-0.2, -0.15) is 0 Å². The van der Waals surface area contributed by atoms with Gasteiger partial charge in [0.25, 0.3) is 0 Å². The highest BCUT2D eigenvalue weighted by atomic mass is 16.3. The molecule has 86 valence electrons. The van der Waals surface area contributed by atoms with E-state index in [9.17, 15) is 5.11 Å². The summed E-state index contributed by atoms with van der Waals surface area (Å²) in [5, 5.41) is 10.1. The van der Waals surface area contributed by atoms with Crippen LogP contribution >= 0.6 is 0 Å². The summed E-state index contributed by atoms with van der Waals surface area (Å²) in [5.74, 6) is 0.869. The van der Waals surface area contributed by atoms with Crippen LogP contribution in [0.5, 0.6) is 0 Å². The second-order valence-corrected chi connectivity index (χ2v) is 4.82. The van der Waals surface area contributed by atoms with E-state index in [1.54, 1.807) is 13.8 Å². The third-order valence-corrected chi connectivity index (χ3v) is 2.64. The Morgan fingerprint density at radius 2 is 2.12 bits per heavy atom. The molecule has 0 aliphatic carbocycles. The predicted octanol–water partition coefficient (Wildman–Crippen LogP) is 1.64. The molecule has 1 unspecified atom stereocenters. The van der Waals surface area contributed by atoms with Crippen LogP contribution in [-0.4, -0.2) is 20.6 Å². The molecule has 1 aromatic carbocycles. The van der Waals surface area contributed by atoms with E-state index < -0.39 is 11.6 Å². The van der Waals surface area contributed by atoms with Crippen LogP contribution < -0.4 is 5.73 Å². The zero-order valence-electron chi connectivity index (χ0n) is 9.78. The highest BCUT2D eigenvalue weighted by Crippen LogP contribution is 2.25. The molecule has 2 rings (SSSR count). The molecule has 0 saturated carbocycles. The fraction of sp³-hybridized carbons (Fsp3) is 0.417. The smallest absolute Gasteiger partial charge is 0.104 e. The van der Waals surface area contributed by atoms with Crippen LogP contribution in [0.1, 0.15) is 31.3 Å². The molecule has 0 bridgehead atoms. The Labute approximate surface area is 94.5 Å². The third kappa shape index (κ3) is 1.94. The number of imidazole rings is 1. The van der Waals surface area contributed by atoms with Crippen LogP contribution in [0.25, 0.3) is 11.0 Å². The third-order valence-electron chi connectivity index (χ3n) is 2.64. The maximum absolute atomic E-state index is 10.1. The molecule has 0 amide bonds. The van der Waals surface area contributed by atoms with Gasteiger partial charge in [0.1, 0.15) is 5.82 Å². The van der Waals surface area contributed by atoms with E-state index in [4.69, 9.17) is 5.73 Å². The Bertz CT molecular complexity index is 510. The summed E-state index contributed by atoms with van der Waals surface area (Å²) in [6.45, 7) is 5.52. The molecule has 2 aromatic rings. The van der Waals surface area contributed by atoms with Gasteiger partial charge in [0.2, 0.25) is 0 Å². The van der Waals surface area contributed by atoms with Crippen molar-refractivity contribution in [2.45, 2.75) is 32.4 Å². The van der Waals surface area contributed by atoms with Crippen molar-refractivity contribution in [1.29, 1.82) is 0 Å². The number of nitrogens with two attached hydrogens (primary N) is 1. The van der Waals surface area contributed by atoms with Gasteiger partial charge in [0.05, 0.1) is 17.1 Å². The molecule has 4 heteroatoms. The van der Waals surface area contributed by atoms with Crippen LogP contribution in [0.3, 0.4) is 0 Å². The van der Waals surface area contributed by atoms with E-state index in [2.05, 4.69) is 9.97 Å². The van der Waals surface area contributed by atoms with Gasteiger partial charge >= 0.3 is 0 Å². The van der Waals surface area contributed by atoms with Crippen LogP contribution in [0.15, 0.2) is 18.2 Å². The van der Waals surface area contributed by atoms with Gasteiger partial charge in [0, 0.05) is 5.54 Å². The summed E-state index contributed by atoms with van der Waals surface area (Å²) in [6.07, 6.45) is -0.680. The summed E-state index contributed by atoms with van der Waals surface area (Å²) in [4.78, 5) is 7.45. The number of hydrogen-bond acceptors (Lipinski definition) is 3. The average molecular weight is 219 g/mol. The summed E-state index contributed by atoms with van der Waals surface area (Å²) in [5.41, 5.74) is 7.88. The number of aromatic amines is 1. The molecule has 4 nitrogen and oxygen atoms in total. The first-order valence-corrected chi connectivity index (χ1v) is 5.31. The van der Waals surface area contributed by atoms with E-state index in [-0.39, 0.29) is 0 Å². The summed E-state index contributed by atoms with van der Waals surface area (Å²) < 4.78 is 0. The zero-order chi connectivity index (χ0) is 11.9. The number of H-pyrrole nitrogens is 1. The molecular formula is C12H17N3O. The largest absolute Gasteiger partial charge is 0.387 e. The second kappa shape index (κ2) is 3.57. The second-order valence-electron chi connectivity index (χ2n) is 4.82. The quantitative estimate of drug-likeness (QED) is 0.718. The van der Waals surface area contributed by atoms with Gasteiger partial charge in [-0.15, -0.1) is 0 Å². The molecule has 0 aliphatic rings. The highest BCUT2D eigenvalue weighted by molar-refractivity contribution is 5.76. The summed E-state index contributed by atoms with van der Waals surface area (Å²) >= 11 is 0. The van der Waals surface area contributed by atoms with Crippen molar-refractivity contribution in [3.8, 4) is 0 Å². The van der Waals surface area contributed by atoms with Gasteiger partial charge in [-0.25, -0.2) is 4.98 Å². The number of aliphatic hydroxyl groups is 1. The van der Waals surface area contributed by atoms with Gasteiger partial charge in [-0.1, -0.05) is 6.07 Å². The lowest BCUT2D eigenvalue weighted by atomic mass is 9.92. The fourth-order valence-electron chi connectivity index (χ4n) is 1.75. The van der Waals surface area contributed by atoms with Gasteiger partial charge < -0.3 is 15.8 Å². The number of rotatable bonds is 2. The SMILES string of the molecule is Cc1nc2ccc(C(O)C(C)(C)N)cc2[nH]1. The van der Waals surface area contributed by atoms with E-state index in [0.29, 0.717) is 0 Å². The number of aromatic nitrogens is 2. The molecule has 0 radical (unpaired) electrons. The highest BCUT2D eigenvalue weighted by Gasteiger charge is 2.24. The minimum Gasteiger partial charge on any atom is -0.387 e.